The zero-order valence-corrected chi connectivity index (χ0v) is 9.17. The predicted molar refractivity (Wildman–Crippen MR) is 59.6 cm³/mol. The van der Waals surface area contributed by atoms with Gasteiger partial charge in [-0.05, 0) is 25.0 Å². The van der Waals surface area contributed by atoms with Crippen molar-refractivity contribution in [2.75, 3.05) is 0 Å². The second-order valence-corrected chi connectivity index (χ2v) is 4.18. The molecule has 0 aliphatic heterocycles. The van der Waals surface area contributed by atoms with E-state index in [1.807, 2.05) is 4.57 Å². The third-order valence-corrected chi connectivity index (χ3v) is 2.93. The fourth-order valence-corrected chi connectivity index (χ4v) is 1.97. The van der Waals surface area contributed by atoms with Crippen LogP contribution in [0, 0.1) is 5.82 Å². The molecule has 3 rings (SSSR count). The summed E-state index contributed by atoms with van der Waals surface area (Å²) in [6.07, 6.45) is 2.07. The molecule has 17 heavy (non-hydrogen) atoms. The molecule has 1 aromatic carbocycles. The maximum absolute atomic E-state index is 13.7. The van der Waals surface area contributed by atoms with E-state index < -0.39 is 0 Å². The maximum atomic E-state index is 13.7. The molecule has 0 atom stereocenters. The summed E-state index contributed by atoms with van der Waals surface area (Å²) in [6, 6.07) is 6.80. The molecule has 1 saturated carbocycles. The Hall–Kier alpha value is -1.75. The zero-order chi connectivity index (χ0) is 11.8. The van der Waals surface area contributed by atoms with Gasteiger partial charge in [-0.15, -0.1) is 10.2 Å². The van der Waals surface area contributed by atoms with Crippen molar-refractivity contribution in [1.82, 2.24) is 14.8 Å². The maximum Gasteiger partial charge on any atom is 0.167 e. The minimum absolute atomic E-state index is 0.169. The second-order valence-electron chi connectivity index (χ2n) is 4.18. The Morgan fingerprint density at radius 1 is 1.29 bits per heavy atom. The lowest BCUT2D eigenvalue weighted by molar-refractivity contribution is 0.265. The van der Waals surface area contributed by atoms with E-state index in [1.165, 1.54) is 6.07 Å². The molecule has 88 valence electrons. The first-order chi connectivity index (χ1) is 8.31. The van der Waals surface area contributed by atoms with Crippen LogP contribution in [0.4, 0.5) is 4.39 Å². The van der Waals surface area contributed by atoms with Crippen molar-refractivity contribution in [1.29, 1.82) is 0 Å². The highest BCUT2D eigenvalue weighted by molar-refractivity contribution is 5.56. The number of hydrogen-bond donors (Lipinski definition) is 1. The highest BCUT2D eigenvalue weighted by Gasteiger charge is 2.30. The molecular weight excluding hydrogens is 221 g/mol. The summed E-state index contributed by atoms with van der Waals surface area (Å²) in [6.45, 7) is -0.169. The van der Waals surface area contributed by atoms with Crippen molar-refractivity contribution in [3.05, 3.63) is 35.9 Å². The van der Waals surface area contributed by atoms with Crippen LogP contribution in [-0.4, -0.2) is 19.9 Å². The quantitative estimate of drug-likeness (QED) is 0.881. The number of rotatable bonds is 3. The van der Waals surface area contributed by atoms with Crippen LogP contribution in [0.2, 0.25) is 0 Å². The van der Waals surface area contributed by atoms with Gasteiger partial charge in [0.2, 0.25) is 0 Å². The Morgan fingerprint density at radius 2 is 2.06 bits per heavy atom. The zero-order valence-electron chi connectivity index (χ0n) is 9.17. The van der Waals surface area contributed by atoms with Crippen LogP contribution in [0.3, 0.4) is 0 Å². The van der Waals surface area contributed by atoms with E-state index in [9.17, 15) is 9.50 Å². The monoisotopic (exact) mass is 233 g/mol. The van der Waals surface area contributed by atoms with Crippen LogP contribution in [0.5, 0.6) is 0 Å². The van der Waals surface area contributed by atoms with Gasteiger partial charge in [0.25, 0.3) is 0 Å². The Bertz CT molecular complexity index is 548. The Balaban J connectivity index is 2.14. The molecule has 0 radical (unpaired) electrons. The van der Waals surface area contributed by atoms with E-state index in [-0.39, 0.29) is 12.4 Å². The SMILES string of the molecule is OCc1nnc(-c2ccccc2F)n1C1CC1. The standard InChI is InChI=1S/C12H12FN3O/c13-10-4-2-1-3-9(10)12-15-14-11(7-17)16(12)8-5-6-8/h1-4,8,17H,5-7H2. The largest absolute Gasteiger partial charge is 0.388 e. The van der Waals surface area contributed by atoms with Gasteiger partial charge in [-0.2, -0.15) is 0 Å². The number of hydrogen-bond acceptors (Lipinski definition) is 3. The highest BCUT2D eigenvalue weighted by Crippen LogP contribution is 2.39. The van der Waals surface area contributed by atoms with Crippen molar-refractivity contribution >= 4 is 0 Å². The third-order valence-electron chi connectivity index (χ3n) is 2.93. The second kappa shape index (κ2) is 3.92. The first-order valence-corrected chi connectivity index (χ1v) is 5.61. The van der Waals surface area contributed by atoms with Gasteiger partial charge in [0.15, 0.2) is 11.6 Å². The van der Waals surface area contributed by atoms with Gasteiger partial charge in [0.1, 0.15) is 12.4 Å². The van der Waals surface area contributed by atoms with Crippen molar-refractivity contribution in [2.45, 2.75) is 25.5 Å². The average molecular weight is 233 g/mol. The summed E-state index contributed by atoms with van der Waals surface area (Å²) in [5.41, 5.74) is 0.437. The number of aromatic nitrogens is 3. The molecular formula is C12H12FN3O. The lowest BCUT2D eigenvalue weighted by atomic mass is 10.2. The van der Waals surface area contributed by atoms with Gasteiger partial charge in [0, 0.05) is 6.04 Å². The van der Waals surface area contributed by atoms with Crippen molar-refractivity contribution in [3.8, 4) is 11.4 Å². The number of halogens is 1. The summed E-state index contributed by atoms with van der Waals surface area (Å²) in [5.74, 6) is 0.701. The van der Waals surface area contributed by atoms with Crippen LogP contribution in [-0.2, 0) is 6.61 Å². The fourth-order valence-electron chi connectivity index (χ4n) is 1.97. The fraction of sp³-hybridized carbons (Fsp3) is 0.333. The van der Waals surface area contributed by atoms with E-state index in [0.717, 1.165) is 12.8 Å². The molecule has 5 heteroatoms. The molecule has 0 unspecified atom stereocenters. The molecule has 1 aliphatic rings. The van der Waals surface area contributed by atoms with E-state index in [2.05, 4.69) is 10.2 Å². The highest BCUT2D eigenvalue weighted by atomic mass is 19.1. The first-order valence-electron chi connectivity index (χ1n) is 5.61. The van der Waals surface area contributed by atoms with E-state index in [4.69, 9.17) is 0 Å². The summed E-state index contributed by atoms with van der Waals surface area (Å²) in [5, 5.41) is 17.1. The van der Waals surface area contributed by atoms with E-state index in [0.29, 0.717) is 23.3 Å². The summed E-state index contributed by atoms with van der Waals surface area (Å²) in [4.78, 5) is 0. The van der Waals surface area contributed by atoms with Gasteiger partial charge >= 0.3 is 0 Å². The lowest BCUT2D eigenvalue weighted by Gasteiger charge is -2.08. The van der Waals surface area contributed by atoms with E-state index in [1.54, 1.807) is 18.2 Å². The third kappa shape index (κ3) is 1.72. The Morgan fingerprint density at radius 3 is 2.71 bits per heavy atom. The molecule has 0 bridgehead atoms. The van der Waals surface area contributed by atoms with Crippen LogP contribution < -0.4 is 0 Å². The minimum atomic E-state index is -0.314. The van der Waals surface area contributed by atoms with Crippen molar-refractivity contribution in [2.24, 2.45) is 0 Å². The van der Waals surface area contributed by atoms with Crippen molar-refractivity contribution in [3.63, 3.8) is 0 Å². The number of aliphatic hydroxyl groups is 1. The summed E-state index contributed by atoms with van der Waals surface area (Å²) >= 11 is 0. The van der Waals surface area contributed by atoms with Gasteiger partial charge < -0.3 is 9.67 Å². The molecule has 1 fully saturated rings. The molecule has 1 aromatic heterocycles. The molecule has 1 heterocycles. The molecule has 2 aromatic rings. The molecule has 4 nitrogen and oxygen atoms in total. The average Bonchev–Trinajstić information content (AvgIpc) is 3.10. The number of benzene rings is 1. The van der Waals surface area contributed by atoms with E-state index >= 15 is 0 Å². The summed E-state index contributed by atoms with van der Waals surface area (Å²) < 4.78 is 15.6. The minimum Gasteiger partial charge on any atom is -0.388 e. The molecule has 1 N–H and O–H groups in total. The van der Waals surface area contributed by atoms with Gasteiger partial charge in [-0.3, -0.25) is 0 Å². The number of aliphatic hydroxyl groups excluding tert-OH is 1. The van der Waals surface area contributed by atoms with Crippen LogP contribution >= 0.6 is 0 Å². The van der Waals surface area contributed by atoms with Crippen LogP contribution in [0.1, 0.15) is 24.7 Å². The Labute approximate surface area is 97.7 Å². The van der Waals surface area contributed by atoms with Crippen molar-refractivity contribution < 1.29 is 9.50 Å². The topological polar surface area (TPSA) is 50.9 Å². The molecule has 0 amide bonds. The smallest absolute Gasteiger partial charge is 0.167 e. The molecule has 0 spiro atoms. The predicted octanol–water partition coefficient (Wildman–Crippen LogP) is 1.91. The normalized spacial score (nSPS) is 15.2. The molecule has 1 aliphatic carbocycles. The molecule has 0 saturated heterocycles. The van der Waals surface area contributed by atoms with Crippen LogP contribution in [0.15, 0.2) is 24.3 Å². The van der Waals surface area contributed by atoms with Gasteiger partial charge in [0.05, 0.1) is 5.56 Å². The Kier molecular flexibility index (Phi) is 2.40. The van der Waals surface area contributed by atoms with Gasteiger partial charge in [-0.25, -0.2) is 4.39 Å². The summed E-state index contributed by atoms with van der Waals surface area (Å²) in [7, 11) is 0. The van der Waals surface area contributed by atoms with Crippen LogP contribution in [0.25, 0.3) is 11.4 Å². The number of nitrogens with zero attached hydrogens (tertiary/aromatic N) is 3. The van der Waals surface area contributed by atoms with Gasteiger partial charge in [-0.1, -0.05) is 12.1 Å². The lowest BCUT2D eigenvalue weighted by Crippen LogP contribution is -2.04. The first kappa shape index (κ1) is 10.4.